The summed E-state index contributed by atoms with van der Waals surface area (Å²) in [5.41, 5.74) is 2.88. The number of aliphatic hydroxyl groups excluding tert-OH is 2. The normalized spacial score (nSPS) is 26.7. The molecule has 9 nitrogen and oxygen atoms in total. The fourth-order valence-electron chi connectivity index (χ4n) is 9.66. The van der Waals surface area contributed by atoms with Crippen LogP contribution in [0.15, 0.2) is 76.8 Å². The number of carbonyl (C=O) groups excluding carboxylic acids is 1. The van der Waals surface area contributed by atoms with Gasteiger partial charge >= 0.3 is 0 Å². The van der Waals surface area contributed by atoms with Gasteiger partial charge in [0.15, 0.2) is 0 Å². The van der Waals surface area contributed by atoms with E-state index in [2.05, 4.69) is 42.3 Å². The Kier molecular flexibility index (Phi) is 14.2. The number of hydrogen-bond donors (Lipinski definition) is 2. The lowest BCUT2D eigenvalue weighted by molar-refractivity contribution is -0.255. The molecule has 0 aromatic heterocycles. The molecule has 0 spiro atoms. The van der Waals surface area contributed by atoms with Crippen molar-refractivity contribution >= 4 is 23.4 Å². The van der Waals surface area contributed by atoms with Gasteiger partial charge in [-0.2, -0.15) is 0 Å². The Hall–Kier alpha value is -3.31. The second-order valence-corrected chi connectivity index (χ2v) is 16.3. The van der Waals surface area contributed by atoms with E-state index >= 15 is 0 Å². The molecule has 2 aromatic rings. The average molecular weight is 761 g/mol. The third-order valence-corrected chi connectivity index (χ3v) is 13.0. The molecule has 0 bridgehead atoms. The minimum atomic E-state index is -1.23. The summed E-state index contributed by atoms with van der Waals surface area (Å²) in [5, 5.41) is 24.3. The molecular formula is C44H60N2O7S. The van der Waals surface area contributed by atoms with Crippen LogP contribution in [0.25, 0.3) is 0 Å². The van der Waals surface area contributed by atoms with Crippen molar-refractivity contribution in [3.63, 3.8) is 0 Å². The Bertz CT molecular complexity index is 1620. The van der Waals surface area contributed by atoms with E-state index in [1.54, 1.807) is 24.9 Å². The number of oxime groups is 1. The first kappa shape index (κ1) is 40.4. The lowest BCUT2D eigenvalue weighted by atomic mass is 9.55. The van der Waals surface area contributed by atoms with Crippen LogP contribution >= 0.6 is 11.8 Å². The molecule has 1 heterocycles. The topological polar surface area (TPSA) is 110 Å². The van der Waals surface area contributed by atoms with E-state index in [1.807, 2.05) is 36.2 Å². The van der Waals surface area contributed by atoms with Crippen LogP contribution in [0.1, 0.15) is 95.0 Å². The Balaban J connectivity index is 1.49. The van der Waals surface area contributed by atoms with Crippen molar-refractivity contribution in [1.82, 2.24) is 4.90 Å². The van der Waals surface area contributed by atoms with Crippen molar-refractivity contribution in [3.05, 3.63) is 72.3 Å². The van der Waals surface area contributed by atoms with Crippen LogP contribution in [-0.4, -0.2) is 78.8 Å². The standard InChI is InChI=1S/C44H60N2O7S/c1-5-26-51-44-40(46(2)41(49)23-16-30-12-6-7-13-30)29-38(45-50-3)36-27-31(14-8-10-24-47)35(15-9-11-25-48)42(43(36)44)37-28-33(19-22-39(37)53-44)52-32-17-20-34(54-4)21-18-32/h5,17-22,27-28,30-31,35,40,42-43,47-48H,1,6-16,23-26,29H2,2-4H3/t31-,35+,40-,42+,43+,44+/m0/s1. The highest BCUT2D eigenvalue weighted by Crippen LogP contribution is 2.62. The number of rotatable bonds is 19. The SMILES string of the molecule is C=CCO[C@@]12Oc3ccc(Oc4ccc(SC)cc4)cc3[C@H]3[C@H](CCCCO)[C@@H](CCCCO)C=C(C(=NOC)C[C@@H]1N(C)C(=O)CCC1CCCC1)[C@H]32. The quantitative estimate of drug-likeness (QED) is 0.0633. The fraction of sp³-hybridized carbons (Fsp3) is 0.591. The van der Waals surface area contributed by atoms with Crippen molar-refractivity contribution in [1.29, 1.82) is 0 Å². The molecule has 54 heavy (non-hydrogen) atoms. The minimum absolute atomic E-state index is 0.0806. The van der Waals surface area contributed by atoms with Gasteiger partial charge in [0.2, 0.25) is 11.7 Å². The highest BCUT2D eigenvalue weighted by molar-refractivity contribution is 7.98. The average Bonchev–Trinajstić information content (AvgIpc) is 3.72. The van der Waals surface area contributed by atoms with E-state index in [-0.39, 0.29) is 49.4 Å². The van der Waals surface area contributed by atoms with E-state index in [9.17, 15) is 15.0 Å². The Morgan fingerprint density at radius 2 is 1.76 bits per heavy atom. The van der Waals surface area contributed by atoms with Gasteiger partial charge in [0.05, 0.1) is 18.2 Å². The van der Waals surface area contributed by atoms with Gasteiger partial charge in [-0.05, 0) is 104 Å². The predicted molar refractivity (Wildman–Crippen MR) is 214 cm³/mol. The number of benzene rings is 2. The molecule has 294 valence electrons. The minimum Gasteiger partial charge on any atom is -0.459 e. The van der Waals surface area contributed by atoms with E-state index in [0.29, 0.717) is 30.9 Å². The highest BCUT2D eigenvalue weighted by atomic mass is 32.2. The molecule has 6 rings (SSSR count). The van der Waals surface area contributed by atoms with Crippen molar-refractivity contribution in [3.8, 4) is 17.2 Å². The summed E-state index contributed by atoms with van der Waals surface area (Å²) in [4.78, 5) is 22.8. The van der Waals surface area contributed by atoms with Gasteiger partial charge in [-0.25, -0.2) is 0 Å². The Morgan fingerprint density at radius 1 is 1.04 bits per heavy atom. The molecule has 2 fully saturated rings. The molecule has 1 aliphatic heterocycles. The number of nitrogens with zero attached hydrogens (tertiary/aromatic N) is 2. The second kappa shape index (κ2) is 19.0. The number of amides is 1. The Labute approximate surface area is 326 Å². The maximum atomic E-state index is 14.2. The smallest absolute Gasteiger partial charge is 0.239 e. The van der Waals surface area contributed by atoms with Crippen LogP contribution in [0.3, 0.4) is 0 Å². The van der Waals surface area contributed by atoms with Crippen LogP contribution in [0.2, 0.25) is 0 Å². The number of allylic oxidation sites excluding steroid dienone is 1. The van der Waals surface area contributed by atoms with E-state index in [4.69, 9.17) is 19.0 Å². The van der Waals surface area contributed by atoms with Gasteiger partial charge in [-0.1, -0.05) is 55.8 Å². The molecular weight excluding hydrogens is 701 g/mol. The first-order valence-corrected chi connectivity index (χ1v) is 21.3. The molecule has 2 aromatic carbocycles. The van der Waals surface area contributed by atoms with Crippen molar-refractivity contribution in [2.45, 2.75) is 106 Å². The summed E-state index contributed by atoms with van der Waals surface area (Å²) in [7, 11) is 3.47. The summed E-state index contributed by atoms with van der Waals surface area (Å²) < 4.78 is 20.7. The fourth-order valence-corrected chi connectivity index (χ4v) is 10.1. The van der Waals surface area contributed by atoms with Crippen LogP contribution in [0.5, 0.6) is 17.2 Å². The predicted octanol–water partition coefficient (Wildman–Crippen LogP) is 8.89. The lowest BCUT2D eigenvalue weighted by Gasteiger charge is -2.59. The van der Waals surface area contributed by atoms with Crippen LogP contribution in [-0.2, 0) is 14.4 Å². The van der Waals surface area contributed by atoms with E-state index in [1.165, 1.54) is 30.6 Å². The molecule has 0 saturated heterocycles. The zero-order chi connectivity index (χ0) is 38.1. The third-order valence-electron chi connectivity index (χ3n) is 12.2. The van der Waals surface area contributed by atoms with Crippen LogP contribution < -0.4 is 9.47 Å². The van der Waals surface area contributed by atoms with Gasteiger partial charge < -0.3 is 34.2 Å². The van der Waals surface area contributed by atoms with Gasteiger partial charge in [-0.15, -0.1) is 18.3 Å². The maximum absolute atomic E-state index is 14.2. The van der Waals surface area contributed by atoms with Crippen molar-refractivity contribution in [2.75, 3.05) is 40.2 Å². The van der Waals surface area contributed by atoms with Gasteiger partial charge in [-0.3, -0.25) is 4.79 Å². The van der Waals surface area contributed by atoms with Crippen molar-refractivity contribution in [2.24, 2.45) is 28.8 Å². The van der Waals surface area contributed by atoms with Gasteiger partial charge in [0.1, 0.15) is 30.4 Å². The number of ether oxygens (including phenoxy) is 3. The zero-order valence-electron chi connectivity index (χ0n) is 32.4. The summed E-state index contributed by atoms with van der Waals surface area (Å²) in [6.07, 6.45) is 17.8. The summed E-state index contributed by atoms with van der Waals surface area (Å²) in [5.74, 6) is 1.54. The second-order valence-electron chi connectivity index (χ2n) is 15.4. The molecule has 2 saturated carbocycles. The molecule has 3 aliphatic carbocycles. The summed E-state index contributed by atoms with van der Waals surface area (Å²) >= 11 is 1.69. The lowest BCUT2D eigenvalue weighted by Crippen LogP contribution is -2.69. The number of hydrogen-bond acceptors (Lipinski definition) is 9. The number of thioether (sulfide) groups is 1. The molecule has 4 aliphatic rings. The van der Waals surface area contributed by atoms with E-state index in [0.717, 1.165) is 66.9 Å². The third kappa shape index (κ3) is 8.72. The molecule has 6 atom stereocenters. The summed E-state index contributed by atoms with van der Waals surface area (Å²) in [6.45, 7) is 4.55. The number of unbranched alkanes of at least 4 members (excludes halogenated alkanes) is 2. The molecule has 0 unspecified atom stereocenters. The Morgan fingerprint density at radius 3 is 2.44 bits per heavy atom. The molecule has 1 amide bonds. The number of aliphatic hydroxyl groups is 2. The molecule has 0 radical (unpaired) electrons. The van der Waals surface area contributed by atoms with E-state index < -0.39 is 11.8 Å². The summed E-state index contributed by atoms with van der Waals surface area (Å²) in [6, 6.07) is 13.7. The van der Waals surface area contributed by atoms with Crippen LogP contribution in [0.4, 0.5) is 0 Å². The maximum Gasteiger partial charge on any atom is 0.239 e. The molecule has 2 N–H and O–H groups in total. The van der Waals surface area contributed by atoms with Crippen molar-refractivity contribution < 1.29 is 34.1 Å². The number of carbonyl (C=O) groups is 1. The number of fused-ring (bicyclic) bond motifs is 2. The first-order chi connectivity index (χ1) is 26.4. The monoisotopic (exact) mass is 760 g/mol. The molecule has 10 heteroatoms. The van der Waals surface area contributed by atoms with Crippen LogP contribution in [0, 0.1) is 23.7 Å². The zero-order valence-corrected chi connectivity index (χ0v) is 33.2. The largest absolute Gasteiger partial charge is 0.459 e. The van der Waals surface area contributed by atoms with Gasteiger partial charge in [0, 0.05) is 49.5 Å². The number of likely N-dealkylation sites (N-methyl/N-ethyl adjacent to an activating group) is 1. The van der Waals surface area contributed by atoms with Gasteiger partial charge in [0.25, 0.3) is 0 Å². The first-order valence-electron chi connectivity index (χ1n) is 20.1. The highest BCUT2D eigenvalue weighted by Gasteiger charge is 2.65.